The minimum Gasteiger partial charge on any atom is -0.360 e. The molecular formula is C12H12BrNOS. The van der Waals surface area contributed by atoms with Gasteiger partial charge in [0.05, 0.1) is 11.4 Å². The van der Waals surface area contributed by atoms with Gasteiger partial charge in [0.1, 0.15) is 5.76 Å². The number of hydrogen-bond acceptors (Lipinski definition) is 3. The molecule has 0 saturated carbocycles. The molecular weight excluding hydrogens is 286 g/mol. The quantitative estimate of drug-likeness (QED) is 0.847. The molecule has 0 fully saturated rings. The molecule has 1 aromatic carbocycles. The lowest BCUT2D eigenvalue weighted by Crippen LogP contribution is -1.81. The lowest BCUT2D eigenvalue weighted by Gasteiger charge is -2.00. The van der Waals surface area contributed by atoms with Gasteiger partial charge in [0.25, 0.3) is 0 Å². The highest BCUT2D eigenvalue weighted by Gasteiger charge is 2.01. The van der Waals surface area contributed by atoms with Crippen LogP contribution in [0.4, 0.5) is 0 Å². The first-order valence-electron chi connectivity index (χ1n) is 4.98. The highest BCUT2D eigenvalue weighted by molar-refractivity contribution is 9.10. The Morgan fingerprint density at radius 1 is 1.31 bits per heavy atom. The fourth-order valence-electron chi connectivity index (χ4n) is 1.38. The molecule has 0 aliphatic carbocycles. The minimum absolute atomic E-state index is 0.868. The van der Waals surface area contributed by atoms with E-state index in [1.807, 2.05) is 30.8 Å². The van der Waals surface area contributed by atoms with Gasteiger partial charge in [-0.1, -0.05) is 33.2 Å². The van der Waals surface area contributed by atoms with Crippen molar-refractivity contribution >= 4 is 27.7 Å². The van der Waals surface area contributed by atoms with Crippen LogP contribution in [0, 0.1) is 6.92 Å². The highest BCUT2D eigenvalue weighted by atomic mass is 79.9. The Morgan fingerprint density at radius 2 is 2.19 bits per heavy atom. The van der Waals surface area contributed by atoms with Crippen LogP contribution in [0.1, 0.15) is 17.0 Å². The van der Waals surface area contributed by atoms with Crippen LogP contribution in [0.2, 0.25) is 0 Å². The third-order valence-electron chi connectivity index (χ3n) is 2.08. The van der Waals surface area contributed by atoms with Crippen molar-refractivity contribution in [1.29, 1.82) is 0 Å². The smallest absolute Gasteiger partial charge is 0.146 e. The van der Waals surface area contributed by atoms with Gasteiger partial charge >= 0.3 is 0 Å². The summed E-state index contributed by atoms with van der Waals surface area (Å²) in [5, 5.41) is 3.86. The number of aromatic nitrogens is 1. The maximum absolute atomic E-state index is 5.15. The van der Waals surface area contributed by atoms with Crippen molar-refractivity contribution in [3.8, 4) is 0 Å². The van der Waals surface area contributed by atoms with E-state index in [0.717, 1.165) is 27.4 Å². The topological polar surface area (TPSA) is 26.0 Å². The molecule has 0 N–H and O–H groups in total. The number of thioether (sulfide) groups is 1. The van der Waals surface area contributed by atoms with Gasteiger partial charge in [-0.05, 0) is 24.6 Å². The van der Waals surface area contributed by atoms with Crippen molar-refractivity contribution in [2.24, 2.45) is 0 Å². The standard InChI is InChI=1S/C12H12BrNOS/c1-9-5-12(15-14-9)8-16-7-10-3-2-4-11(13)6-10/h2-6H,7-8H2,1H3. The monoisotopic (exact) mass is 297 g/mol. The Kier molecular flexibility index (Phi) is 4.07. The zero-order valence-electron chi connectivity index (χ0n) is 8.94. The molecule has 0 unspecified atom stereocenters. The van der Waals surface area contributed by atoms with E-state index >= 15 is 0 Å². The molecule has 1 heterocycles. The summed E-state index contributed by atoms with van der Waals surface area (Å²) >= 11 is 5.29. The first kappa shape index (κ1) is 11.7. The highest BCUT2D eigenvalue weighted by Crippen LogP contribution is 2.20. The van der Waals surface area contributed by atoms with Gasteiger partial charge in [-0.25, -0.2) is 0 Å². The maximum atomic E-state index is 5.15. The van der Waals surface area contributed by atoms with Crippen molar-refractivity contribution in [2.75, 3.05) is 0 Å². The number of halogens is 1. The average molecular weight is 298 g/mol. The molecule has 2 nitrogen and oxygen atoms in total. The lowest BCUT2D eigenvalue weighted by atomic mass is 10.2. The van der Waals surface area contributed by atoms with Gasteiger partial charge in [-0.2, -0.15) is 0 Å². The fraction of sp³-hybridized carbons (Fsp3) is 0.250. The van der Waals surface area contributed by atoms with E-state index in [4.69, 9.17) is 4.52 Å². The predicted molar refractivity (Wildman–Crippen MR) is 70.4 cm³/mol. The summed E-state index contributed by atoms with van der Waals surface area (Å²) in [5.74, 6) is 2.80. The number of aryl methyl sites for hydroxylation is 1. The molecule has 16 heavy (non-hydrogen) atoms. The zero-order chi connectivity index (χ0) is 11.4. The second kappa shape index (κ2) is 5.55. The van der Waals surface area contributed by atoms with Crippen LogP contribution in [-0.4, -0.2) is 5.16 Å². The number of rotatable bonds is 4. The molecule has 84 valence electrons. The summed E-state index contributed by atoms with van der Waals surface area (Å²) in [4.78, 5) is 0. The van der Waals surface area contributed by atoms with Crippen LogP contribution < -0.4 is 0 Å². The van der Waals surface area contributed by atoms with E-state index in [9.17, 15) is 0 Å². The summed E-state index contributed by atoms with van der Waals surface area (Å²) in [5.41, 5.74) is 2.26. The molecule has 0 spiro atoms. The maximum Gasteiger partial charge on any atom is 0.146 e. The third kappa shape index (κ3) is 3.39. The molecule has 2 rings (SSSR count). The van der Waals surface area contributed by atoms with E-state index in [-0.39, 0.29) is 0 Å². The van der Waals surface area contributed by atoms with E-state index in [2.05, 4.69) is 39.3 Å². The van der Waals surface area contributed by atoms with E-state index < -0.39 is 0 Å². The Bertz CT molecular complexity index is 470. The number of benzene rings is 1. The second-order valence-electron chi connectivity index (χ2n) is 3.56. The van der Waals surface area contributed by atoms with Gasteiger partial charge in [-0.3, -0.25) is 0 Å². The summed E-state index contributed by atoms with van der Waals surface area (Å²) in [6.45, 7) is 1.94. The molecule has 4 heteroatoms. The normalized spacial score (nSPS) is 10.6. The van der Waals surface area contributed by atoms with Crippen LogP contribution in [0.25, 0.3) is 0 Å². The molecule has 0 aliphatic rings. The Morgan fingerprint density at radius 3 is 2.88 bits per heavy atom. The first-order valence-corrected chi connectivity index (χ1v) is 6.93. The van der Waals surface area contributed by atoms with Gasteiger partial charge in [0.2, 0.25) is 0 Å². The second-order valence-corrected chi connectivity index (χ2v) is 5.46. The third-order valence-corrected chi connectivity index (χ3v) is 3.60. The Balaban J connectivity index is 1.84. The van der Waals surface area contributed by atoms with E-state index in [1.165, 1.54) is 5.56 Å². The first-order chi connectivity index (χ1) is 7.74. The SMILES string of the molecule is Cc1cc(CSCc2cccc(Br)c2)on1. The lowest BCUT2D eigenvalue weighted by molar-refractivity contribution is 0.391. The average Bonchev–Trinajstić information content (AvgIpc) is 2.64. The van der Waals surface area contributed by atoms with Gasteiger partial charge in [0.15, 0.2) is 0 Å². The van der Waals surface area contributed by atoms with Gasteiger partial charge in [0, 0.05) is 16.3 Å². The largest absolute Gasteiger partial charge is 0.360 e. The summed E-state index contributed by atoms with van der Waals surface area (Å²) in [6.07, 6.45) is 0. The van der Waals surface area contributed by atoms with Gasteiger partial charge in [-0.15, -0.1) is 11.8 Å². The van der Waals surface area contributed by atoms with Crippen molar-refractivity contribution in [3.05, 3.63) is 51.8 Å². The van der Waals surface area contributed by atoms with Crippen LogP contribution in [0.5, 0.6) is 0 Å². The van der Waals surface area contributed by atoms with Crippen LogP contribution in [-0.2, 0) is 11.5 Å². The van der Waals surface area contributed by atoms with E-state index in [0.29, 0.717) is 0 Å². The number of hydrogen-bond donors (Lipinski definition) is 0. The molecule has 0 amide bonds. The molecule has 0 radical (unpaired) electrons. The molecule has 0 atom stereocenters. The molecule has 0 saturated heterocycles. The number of nitrogens with zero attached hydrogens (tertiary/aromatic N) is 1. The minimum atomic E-state index is 0.868. The van der Waals surface area contributed by atoms with Crippen LogP contribution in [0.3, 0.4) is 0 Å². The Hall–Kier alpha value is -0.740. The summed E-state index contributed by atoms with van der Waals surface area (Å²) < 4.78 is 6.27. The molecule has 0 bridgehead atoms. The van der Waals surface area contributed by atoms with Crippen molar-refractivity contribution in [2.45, 2.75) is 18.4 Å². The van der Waals surface area contributed by atoms with Crippen molar-refractivity contribution in [1.82, 2.24) is 5.16 Å². The predicted octanol–water partition coefficient (Wildman–Crippen LogP) is 4.18. The van der Waals surface area contributed by atoms with Crippen LogP contribution in [0.15, 0.2) is 39.3 Å². The molecule has 2 aromatic rings. The van der Waals surface area contributed by atoms with Crippen LogP contribution >= 0.6 is 27.7 Å². The summed E-state index contributed by atoms with van der Waals surface area (Å²) in [6, 6.07) is 10.3. The summed E-state index contributed by atoms with van der Waals surface area (Å²) in [7, 11) is 0. The molecule has 1 aromatic heterocycles. The Labute approximate surface area is 108 Å². The van der Waals surface area contributed by atoms with Crippen molar-refractivity contribution < 1.29 is 4.52 Å². The fourth-order valence-corrected chi connectivity index (χ4v) is 2.68. The van der Waals surface area contributed by atoms with E-state index in [1.54, 1.807) is 0 Å². The van der Waals surface area contributed by atoms with Crippen molar-refractivity contribution in [3.63, 3.8) is 0 Å². The zero-order valence-corrected chi connectivity index (χ0v) is 11.3. The molecule has 0 aliphatic heterocycles. The van der Waals surface area contributed by atoms with Gasteiger partial charge < -0.3 is 4.52 Å².